The maximum atomic E-state index is 11.0. The van der Waals surface area contributed by atoms with E-state index in [2.05, 4.69) is 10.6 Å². The first kappa shape index (κ1) is 12.4. The van der Waals surface area contributed by atoms with Crippen LogP contribution in [-0.2, 0) is 9.59 Å². The number of carbonyl (C=O) groups excluding carboxylic acids is 2. The summed E-state index contributed by atoms with van der Waals surface area (Å²) in [5.41, 5.74) is 0. The molecule has 0 aromatic rings. The monoisotopic (exact) mass is 198 g/mol. The molecule has 0 bridgehead atoms. The summed E-state index contributed by atoms with van der Waals surface area (Å²) in [6, 6.07) is 1.71. The van der Waals surface area contributed by atoms with Crippen LogP contribution in [-0.4, -0.2) is 50.4 Å². The molecule has 0 aliphatic heterocycles. The molecule has 0 radical (unpaired) electrons. The van der Waals surface area contributed by atoms with Crippen LogP contribution in [0.1, 0.15) is 0 Å². The Kier molecular flexibility index (Phi) is 6.07. The molecule has 0 atom stereocenters. The van der Waals surface area contributed by atoms with Crippen molar-refractivity contribution < 1.29 is 9.59 Å². The molecule has 0 fully saturated rings. The third-order valence-electron chi connectivity index (χ3n) is 1.38. The van der Waals surface area contributed by atoms with Gasteiger partial charge in [0, 0.05) is 13.1 Å². The quantitative estimate of drug-likeness (QED) is 0.416. The number of nitrogens with one attached hydrogen (secondary N) is 2. The van der Waals surface area contributed by atoms with Gasteiger partial charge < -0.3 is 15.5 Å². The molecule has 0 saturated carbocycles. The zero-order valence-corrected chi connectivity index (χ0v) is 8.33. The van der Waals surface area contributed by atoms with Crippen LogP contribution < -0.4 is 10.6 Å². The Morgan fingerprint density at radius 1 is 1.29 bits per heavy atom. The second-order valence-corrected chi connectivity index (χ2v) is 2.90. The summed E-state index contributed by atoms with van der Waals surface area (Å²) in [5, 5.41) is 12.7. The van der Waals surface area contributed by atoms with Gasteiger partial charge in [-0.15, -0.1) is 0 Å². The van der Waals surface area contributed by atoms with E-state index in [0.717, 1.165) is 0 Å². The normalized spacial score (nSPS) is 9.29. The fourth-order valence-corrected chi connectivity index (χ4v) is 0.673. The predicted molar refractivity (Wildman–Crippen MR) is 50.2 cm³/mol. The summed E-state index contributed by atoms with van der Waals surface area (Å²) in [5.74, 6) is -1.48. The topological polar surface area (TPSA) is 85.2 Å². The van der Waals surface area contributed by atoms with Gasteiger partial charge in [0.15, 0.2) is 0 Å². The molecule has 0 aliphatic rings. The second kappa shape index (κ2) is 6.86. The SMILES string of the molecule is CN(C)CCNC(=O)C(=O)NCC#N. The van der Waals surface area contributed by atoms with E-state index in [1.807, 2.05) is 19.0 Å². The zero-order valence-electron chi connectivity index (χ0n) is 8.33. The number of nitriles is 1. The summed E-state index contributed by atoms with van der Waals surface area (Å²) < 4.78 is 0. The Hall–Kier alpha value is -1.61. The highest BCUT2D eigenvalue weighted by molar-refractivity contribution is 6.35. The fourth-order valence-electron chi connectivity index (χ4n) is 0.673. The van der Waals surface area contributed by atoms with Crippen LogP contribution in [0, 0.1) is 11.3 Å². The molecule has 2 amide bonds. The molecule has 0 aromatic carbocycles. The molecule has 6 heteroatoms. The molecule has 0 saturated heterocycles. The van der Waals surface area contributed by atoms with Gasteiger partial charge >= 0.3 is 11.8 Å². The average molecular weight is 198 g/mol. The van der Waals surface area contributed by atoms with Crippen LogP contribution in [0.15, 0.2) is 0 Å². The lowest BCUT2D eigenvalue weighted by atomic mass is 10.5. The van der Waals surface area contributed by atoms with Crippen molar-refractivity contribution >= 4 is 11.8 Å². The molecule has 2 N–H and O–H groups in total. The van der Waals surface area contributed by atoms with Crippen molar-refractivity contribution in [2.24, 2.45) is 0 Å². The summed E-state index contributed by atoms with van der Waals surface area (Å²) in [4.78, 5) is 23.8. The van der Waals surface area contributed by atoms with E-state index in [9.17, 15) is 9.59 Å². The minimum Gasteiger partial charge on any atom is -0.347 e. The molecule has 14 heavy (non-hydrogen) atoms. The van der Waals surface area contributed by atoms with Gasteiger partial charge in [-0.25, -0.2) is 0 Å². The van der Waals surface area contributed by atoms with E-state index in [0.29, 0.717) is 13.1 Å². The van der Waals surface area contributed by atoms with E-state index in [4.69, 9.17) is 5.26 Å². The molecule has 0 spiro atoms. The molecule has 78 valence electrons. The Morgan fingerprint density at radius 3 is 2.36 bits per heavy atom. The van der Waals surface area contributed by atoms with Crippen LogP contribution in [0.5, 0.6) is 0 Å². The third-order valence-corrected chi connectivity index (χ3v) is 1.38. The predicted octanol–water partition coefficient (Wildman–Crippen LogP) is -1.70. The summed E-state index contributed by atoms with van der Waals surface area (Å²) in [6.45, 7) is 0.920. The standard InChI is InChI=1S/C8H14N4O2/c1-12(2)6-5-11-8(14)7(13)10-4-3-9/h4-6H2,1-2H3,(H,10,13)(H,11,14). The van der Waals surface area contributed by atoms with Gasteiger partial charge in [0.25, 0.3) is 0 Å². The van der Waals surface area contributed by atoms with Gasteiger partial charge in [0.05, 0.1) is 6.07 Å². The number of hydrogen-bond acceptors (Lipinski definition) is 4. The van der Waals surface area contributed by atoms with Gasteiger partial charge in [-0.3, -0.25) is 9.59 Å². The Balaban J connectivity index is 3.64. The summed E-state index contributed by atoms with van der Waals surface area (Å²) >= 11 is 0. The van der Waals surface area contributed by atoms with Gasteiger partial charge in [0.1, 0.15) is 6.54 Å². The highest BCUT2D eigenvalue weighted by Gasteiger charge is 2.11. The maximum absolute atomic E-state index is 11.0. The first-order chi connectivity index (χ1) is 6.57. The largest absolute Gasteiger partial charge is 0.347 e. The van der Waals surface area contributed by atoms with Crippen molar-refractivity contribution in [3.8, 4) is 6.07 Å². The smallest absolute Gasteiger partial charge is 0.310 e. The summed E-state index contributed by atoms with van der Waals surface area (Å²) in [6.07, 6.45) is 0. The van der Waals surface area contributed by atoms with Crippen molar-refractivity contribution in [3.05, 3.63) is 0 Å². The highest BCUT2D eigenvalue weighted by atomic mass is 16.2. The number of hydrogen-bond donors (Lipinski definition) is 2. The number of nitrogens with zero attached hydrogens (tertiary/aromatic N) is 2. The van der Waals surface area contributed by atoms with Crippen LogP contribution in [0.4, 0.5) is 0 Å². The van der Waals surface area contributed by atoms with E-state index in [1.54, 1.807) is 6.07 Å². The van der Waals surface area contributed by atoms with Crippen molar-refractivity contribution in [1.82, 2.24) is 15.5 Å². The third kappa shape index (κ3) is 5.97. The zero-order chi connectivity index (χ0) is 11.0. The summed E-state index contributed by atoms with van der Waals surface area (Å²) in [7, 11) is 3.73. The van der Waals surface area contributed by atoms with Crippen LogP contribution in [0.2, 0.25) is 0 Å². The lowest BCUT2D eigenvalue weighted by molar-refractivity contribution is -0.139. The number of amides is 2. The van der Waals surface area contributed by atoms with Gasteiger partial charge in [-0.1, -0.05) is 0 Å². The minimum absolute atomic E-state index is 0.153. The van der Waals surface area contributed by atoms with E-state index < -0.39 is 11.8 Å². The average Bonchev–Trinajstić information content (AvgIpc) is 2.13. The molecule has 6 nitrogen and oxygen atoms in total. The Bertz CT molecular complexity index is 244. The van der Waals surface area contributed by atoms with Gasteiger partial charge in [0.2, 0.25) is 0 Å². The van der Waals surface area contributed by atoms with Crippen molar-refractivity contribution in [1.29, 1.82) is 5.26 Å². The van der Waals surface area contributed by atoms with Crippen molar-refractivity contribution in [3.63, 3.8) is 0 Å². The number of carbonyl (C=O) groups is 2. The molecule has 0 aromatic heterocycles. The molecular formula is C8H14N4O2. The molecule has 0 unspecified atom stereocenters. The molecule has 0 heterocycles. The lowest BCUT2D eigenvalue weighted by Crippen LogP contribution is -2.42. The first-order valence-electron chi connectivity index (χ1n) is 4.15. The maximum Gasteiger partial charge on any atom is 0.310 e. The Morgan fingerprint density at radius 2 is 1.86 bits per heavy atom. The van der Waals surface area contributed by atoms with E-state index in [-0.39, 0.29) is 6.54 Å². The van der Waals surface area contributed by atoms with Crippen LogP contribution in [0.3, 0.4) is 0 Å². The molecular weight excluding hydrogens is 184 g/mol. The van der Waals surface area contributed by atoms with Gasteiger partial charge in [-0.05, 0) is 14.1 Å². The second-order valence-electron chi connectivity index (χ2n) is 2.90. The van der Waals surface area contributed by atoms with Crippen LogP contribution in [0.25, 0.3) is 0 Å². The highest BCUT2D eigenvalue weighted by Crippen LogP contribution is 1.72. The first-order valence-corrected chi connectivity index (χ1v) is 4.15. The van der Waals surface area contributed by atoms with E-state index in [1.165, 1.54) is 0 Å². The number of likely N-dealkylation sites (N-methyl/N-ethyl adjacent to an activating group) is 1. The Labute approximate surface area is 82.9 Å². The lowest BCUT2D eigenvalue weighted by Gasteiger charge is -2.09. The molecule has 0 rings (SSSR count). The van der Waals surface area contributed by atoms with Gasteiger partial charge in [-0.2, -0.15) is 5.26 Å². The van der Waals surface area contributed by atoms with Crippen molar-refractivity contribution in [2.45, 2.75) is 0 Å². The molecule has 0 aliphatic carbocycles. The number of rotatable bonds is 4. The van der Waals surface area contributed by atoms with Crippen LogP contribution >= 0.6 is 0 Å². The minimum atomic E-state index is -0.773. The fraction of sp³-hybridized carbons (Fsp3) is 0.625. The van der Waals surface area contributed by atoms with E-state index >= 15 is 0 Å². The van der Waals surface area contributed by atoms with Crippen molar-refractivity contribution in [2.75, 3.05) is 33.7 Å².